The number of nitrogens with zero attached hydrogens (tertiary/aromatic N) is 1. The zero-order valence-corrected chi connectivity index (χ0v) is 13.4. The molecule has 1 aromatic carbocycles. The Kier molecular flexibility index (Phi) is 5.74. The van der Waals surface area contributed by atoms with E-state index in [2.05, 4.69) is 0 Å². The number of carbonyl (C=O) groups excluding carboxylic acids is 2. The van der Waals surface area contributed by atoms with E-state index in [-0.39, 0.29) is 19.3 Å². The number of hydrogen-bond acceptors (Lipinski definition) is 5. The number of imide groups is 1. The monoisotopic (exact) mass is 321 g/mol. The Balaban J connectivity index is 2.11. The zero-order chi connectivity index (χ0) is 17.0. The molecule has 0 aliphatic carbocycles. The molecule has 6 heteroatoms. The Bertz CT molecular complexity index is 547. The third kappa shape index (κ3) is 3.89. The second-order valence-corrected chi connectivity index (χ2v) is 6.07. The van der Waals surface area contributed by atoms with Crippen LogP contribution in [0.25, 0.3) is 0 Å². The van der Waals surface area contributed by atoms with Gasteiger partial charge in [-0.1, -0.05) is 44.2 Å². The first kappa shape index (κ1) is 17.4. The van der Waals surface area contributed by atoms with Crippen molar-refractivity contribution < 1.29 is 24.5 Å². The highest BCUT2D eigenvalue weighted by molar-refractivity contribution is 5.95. The Morgan fingerprint density at radius 1 is 1.35 bits per heavy atom. The van der Waals surface area contributed by atoms with E-state index >= 15 is 0 Å². The van der Waals surface area contributed by atoms with E-state index in [4.69, 9.17) is 9.84 Å². The van der Waals surface area contributed by atoms with Crippen LogP contribution in [0.15, 0.2) is 30.3 Å². The predicted molar refractivity (Wildman–Crippen MR) is 83.5 cm³/mol. The van der Waals surface area contributed by atoms with Crippen molar-refractivity contribution in [3.63, 3.8) is 0 Å². The summed E-state index contributed by atoms with van der Waals surface area (Å²) in [6.45, 7) is 3.14. The Hall–Kier alpha value is -1.92. The molecule has 1 aliphatic heterocycles. The van der Waals surface area contributed by atoms with E-state index < -0.39 is 29.9 Å². The fraction of sp³-hybridized carbons (Fsp3) is 0.529. The largest absolute Gasteiger partial charge is 0.447 e. The molecule has 0 saturated carbocycles. The quantitative estimate of drug-likeness (QED) is 0.822. The summed E-state index contributed by atoms with van der Waals surface area (Å²) in [7, 11) is 0. The van der Waals surface area contributed by atoms with Gasteiger partial charge in [0.2, 0.25) is 5.91 Å². The maximum Gasteiger partial charge on any atom is 0.416 e. The highest BCUT2D eigenvalue weighted by Crippen LogP contribution is 2.23. The average molecular weight is 321 g/mol. The van der Waals surface area contributed by atoms with Crippen molar-refractivity contribution >= 4 is 12.0 Å². The molecule has 1 aromatic rings. The third-order valence-electron chi connectivity index (χ3n) is 4.29. The van der Waals surface area contributed by atoms with Crippen LogP contribution >= 0.6 is 0 Å². The molecule has 0 unspecified atom stereocenters. The van der Waals surface area contributed by atoms with Gasteiger partial charge < -0.3 is 14.9 Å². The smallest absolute Gasteiger partial charge is 0.416 e. The summed E-state index contributed by atoms with van der Waals surface area (Å²) in [6.07, 6.45) is -1.18. The van der Waals surface area contributed by atoms with E-state index in [1.165, 1.54) is 0 Å². The summed E-state index contributed by atoms with van der Waals surface area (Å²) in [5.41, 5.74) is 1.01. The molecule has 0 spiro atoms. The van der Waals surface area contributed by atoms with Crippen molar-refractivity contribution in [2.75, 3.05) is 13.2 Å². The number of aliphatic hydroxyl groups is 2. The lowest BCUT2D eigenvalue weighted by Gasteiger charge is -2.27. The second kappa shape index (κ2) is 7.57. The number of ether oxygens (including phenoxy) is 1. The molecule has 2 rings (SSSR count). The first-order valence-electron chi connectivity index (χ1n) is 7.78. The van der Waals surface area contributed by atoms with E-state index in [1.807, 2.05) is 30.3 Å². The minimum atomic E-state index is -1.02. The van der Waals surface area contributed by atoms with Crippen LogP contribution in [0.4, 0.5) is 4.79 Å². The number of benzene rings is 1. The number of cyclic esters (lactones) is 1. The van der Waals surface area contributed by atoms with Crippen LogP contribution in [0.5, 0.6) is 0 Å². The lowest BCUT2D eigenvalue weighted by atomic mass is 9.92. The Morgan fingerprint density at radius 3 is 2.61 bits per heavy atom. The average Bonchev–Trinajstić information content (AvgIpc) is 2.93. The molecule has 2 amide bonds. The summed E-state index contributed by atoms with van der Waals surface area (Å²) >= 11 is 0. The van der Waals surface area contributed by atoms with E-state index in [0.717, 1.165) is 10.5 Å². The lowest BCUT2D eigenvalue weighted by Crippen LogP contribution is -2.47. The van der Waals surface area contributed by atoms with Gasteiger partial charge in [0.25, 0.3) is 0 Å². The molecule has 126 valence electrons. The lowest BCUT2D eigenvalue weighted by molar-refractivity contribution is -0.137. The molecular weight excluding hydrogens is 298 g/mol. The van der Waals surface area contributed by atoms with Gasteiger partial charge in [0, 0.05) is 12.5 Å². The minimum absolute atomic E-state index is 0.151. The van der Waals surface area contributed by atoms with Crippen LogP contribution in [0, 0.1) is 11.8 Å². The van der Waals surface area contributed by atoms with Crippen LogP contribution in [0.1, 0.15) is 19.4 Å². The highest BCUT2D eigenvalue weighted by atomic mass is 16.6. The molecule has 0 radical (unpaired) electrons. The van der Waals surface area contributed by atoms with Crippen molar-refractivity contribution in [3.05, 3.63) is 35.9 Å². The Morgan fingerprint density at radius 2 is 2.00 bits per heavy atom. The molecule has 6 nitrogen and oxygen atoms in total. The van der Waals surface area contributed by atoms with Crippen molar-refractivity contribution in [2.45, 2.75) is 32.4 Å². The van der Waals surface area contributed by atoms with Crippen molar-refractivity contribution in [3.8, 4) is 0 Å². The summed E-state index contributed by atoms with van der Waals surface area (Å²) in [6, 6.07) is 9.17. The molecule has 4 atom stereocenters. The molecule has 23 heavy (non-hydrogen) atoms. The number of aliphatic hydroxyl groups excluding tert-OH is 2. The summed E-state index contributed by atoms with van der Waals surface area (Å²) in [5, 5.41) is 19.2. The van der Waals surface area contributed by atoms with Gasteiger partial charge in [-0.3, -0.25) is 4.79 Å². The summed E-state index contributed by atoms with van der Waals surface area (Å²) in [4.78, 5) is 25.6. The van der Waals surface area contributed by atoms with Gasteiger partial charge in [-0.25, -0.2) is 9.69 Å². The summed E-state index contributed by atoms with van der Waals surface area (Å²) < 4.78 is 5.02. The molecule has 1 heterocycles. The maximum atomic E-state index is 12.6. The van der Waals surface area contributed by atoms with Crippen molar-refractivity contribution in [1.29, 1.82) is 0 Å². The van der Waals surface area contributed by atoms with Gasteiger partial charge in [-0.2, -0.15) is 0 Å². The molecule has 2 N–H and O–H groups in total. The fourth-order valence-electron chi connectivity index (χ4n) is 2.73. The van der Waals surface area contributed by atoms with Gasteiger partial charge in [0.15, 0.2) is 0 Å². The van der Waals surface area contributed by atoms with Gasteiger partial charge >= 0.3 is 6.09 Å². The summed E-state index contributed by atoms with van der Waals surface area (Å²) in [5.74, 6) is -1.71. The number of amides is 2. The normalized spacial score (nSPS) is 21.7. The molecule has 1 fully saturated rings. The van der Waals surface area contributed by atoms with E-state index in [1.54, 1.807) is 13.8 Å². The number of hydrogen-bond donors (Lipinski definition) is 2. The van der Waals surface area contributed by atoms with E-state index in [9.17, 15) is 14.7 Å². The van der Waals surface area contributed by atoms with Crippen LogP contribution in [-0.2, 0) is 16.0 Å². The Labute approximate surface area is 135 Å². The highest BCUT2D eigenvalue weighted by Gasteiger charge is 2.41. The number of rotatable bonds is 6. The van der Waals surface area contributed by atoms with Gasteiger partial charge in [-0.15, -0.1) is 0 Å². The maximum absolute atomic E-state index is 12.6. The third-order valence-corrected chi connectivity index (χ3v) is 4.29. The fourth-order valence-corrected chi connectivity index (χ4v) is 2.73. The molecule has 0 aromatic heterocycles. The minimum Gasteiger partial charge on any atom is -0.447 e. The van der Waals surface area contributed by atoms with Crippen molar-refractivity contribution in [2.24, 2.45) is 11.8 Å². The standard InChI is InChI=1S/C17H23NO5/c1-11(9-19)15(20)12(2)16(21)18-14(10-23-17(18)22)8-13-6-4-3-5-7-13/h3-7,11-12,14-15,19-20H,8-10H2,1-2H3/t11-,12-,14-,15+/m0/s1. The van der Waals surface area contributed by atoms with Crippen LogP contribution in [-0.4, -0.2) is 52.5 Å². The van der Waals surface area contributed by atoms with Crippen molar-refractivity contribution in [1.82, 2.24) is 4.90 Å². The second-order valence-electron chi connectivity index (χ2n) is 6.07. The van der Waals surface area contributed by atoms with Crippen LogP contribution in [0.2, 0.25) is 0 Å². The van der Waals surface area contributed by atoms with Gasteiger partial charge in [-0.05, 0) is 12.0 Å². The first-order chi connectivity index (χ1) is 11.0. The van der Waals surface area contributed by atoms with Crippen LogP contribution < -0.4 is 0 Å². The number of carbonyl (C=O) groups is 2. The molecule has 0 bridgehead atoms. The van der Waals surface area contributed by atoms with Gasteiger partial charge in [0.1, 0.15) is 6.61 Å². The first-order valence-corrected chi connectivity index (χ1v) is 7.78. The molecule has 1 saturated heterocycles. The predicted octanol–water partition coefficient (Wildman–Crippen LogP) is 1.20. The van der Waals surface area contributed by atoms with Gasteiger partial charge in [0.05, 0.1) is 18.1 Å². The molecular formula is C17H23NO5. The topological polar surface area (TPSA) is 87.1 Å². The zero-order valence-electron chi connectivity index (χ0n) is 13.4. The van der Waals surface area contributed by atoms with E-state index in [0.29, 0.717) is 6.42 Å². The molecule has 1 aliphatic rings. The SMILES string of the molecule is C[C@H](C(=O)N1C(=O)OC[C@@H]1Cc1ccccc1)[C@H](O)[C@@H](C)CO. The van der Waals surface area contributed by atoms with Crippen LogP contribution in [0.3, 0.4) is 0 Å².